The van der Waals surface area contributed by atoms with Crippen molar-refractivity contribution in [3.05, 3.63) is 64.7 Å². The molecule has 0 saturated heterocycles. The fourth-order valence-corrected chi connectivity index (χ4v) is 4.85. The van der Waals surface area contributed by atoms with Crippen molar-refractivity contribution in [1.29, 1.82) is 0 Å². The number of amides is 1. The molecule has 5 rings (SSSR count). The minimum atomic E-state index is -0.667. The van der Waals surface area contributed by atoms with Crippen molar-refractivity contribution < 1.29 is 9.18 Å². The van der Waals surface area contributed by atoms with Crippen molar-refractivity contribution >= 4 is 23.2 Å². The molecular weight excluding hydrogens is 415 g/mol. The molecule has 1 aliphatic carbocycles. The third kappa shape index (κ3) is 3.63. The van der Waals surface area contributed by atoms with E-state index in [1.165, 1.54) is 12.5 Å². The van der Waals surface area contributed by atoms with E-state index in [9.17, 15) is 9.18 Å². The molecule has 0 bridgehead atoms. The minimum Gasteiger partial charge on any atom is -0.323 e. The molecule has 0 spiro atoms. The zero-order valence-electron chi connectivity index (χ0n) is 17.2. The fraction of sp³-hybridized carbons (Fsp3) is 0.375. The SMILES string of the molecule is O=C(Nc1cc(-c2nnc3n2CCCCC3)ccc1F)C1(c2cccc(Cl)c2)CCC1. The number of rotatable bonds is 4. The fourth-order valence-electron chi connectivity index (χ4n) is 4.66. The number of anilines is 1. The normalized spacial score (nSPS) is 17.4. The van der Waals surface area contributed by atoms with E-state index in [-0.39, 0.29) is 11.6 Å². The van der Waals surface area contributed by atoms with Gasteiger partial charge >= 0.3 is 0 Å². The van der Waals surface area contributed by atoms with Crippen LogP contribution in [0.3, 0.4) is 0 Å². The van der Waals surface area contributed by atoms with E-state index in [4.69, 9.17) is 11.6 Å². The van der Waals surface area contributed by atoms with Gasteiger partial charge in [-0.15, -0.1) is 10.2 Å². The molecular formula is C24H24ClFN4O. The number of aryl methyl sites for hydroxylation is 1. The van der Waals surface area contributed by atoms with Crippen LogP contribution in [0, 0.1) is 5.82 Å². The van der Waals surface area contributed by atoms with Gasteiger partial charge in [-0.25, -0.2) is 4.39 Å². The van der Waals surface area contributed by atoms with E-state index in [0.29, 0.717) is 5.02 Å². The van der Waals surface area contributed by atoms with Crippen LogP contribution in [0.5, 0.6) is 0 Å². The first-order chi connectivity index (χ1) is 15.1. The van der Waals surface area contributed by atoms with Gasteiger partial charge in [-0.1, -0.05) is 36.6 Å². The molecule has 160 valence electrons. The zero-order valence-corrected chi connectivity index (χ0v) is 18.0. The lowest BCUT2D eigenvalue weighted by Crippen LogP contribution is -2.46. The molecule has 31 heavy (non-hydrogen) atoms. The Labute approximate surface area is 185 Å². The summed E-state index contributed by atoms with van der Waals surface area (Å²) in [6, 6.07) is 12.1. The zero-order chi connectivity index (χ0) is 21.4. The Morgan fingerprint density at radius 3 is 2.71 bits per heavy atom. The summed E-state index contributed by atoms with van der Waals surface area (Å²) in [7, 11) is 0. The van der Waals surface area contributed by atoms with E-state index in [1.807, 2.05) is 18.2 Å². The smallest absolute Gasteiger partial charge is 0.235 e. The minimum absolute atomic E-state index is 0.168. The van der Waals surface area contributed by atoms with Gasteiger partial charge in [0.1, 0.15) is 11.6 Å². The maximum atomic E-state index is 14.7. The molecule has 1 amide bonds. The maximum Gasteiger partial charge on any atom is 0.235 e. The van der Waals surface area contributed by atoms with Gasteiger partial charge in [-0.05, 0) is 61.6 Å². The second-order valence-electron chi connectivity index (χ2n) is 8.50. The second kappa shape index (κ2) is 8.08. The number of hydrogen-bond donors (Lipinski definition) is 1. The molecule has 7 heteroatoms. The number of aromatic nitrogens is 3. The molecule has 2 aliphatic rings. The maximum absolute atomic E-state index is 14.7. The Balaban J connectivity index is 1.45. The Morgan fingerprint density at radius 2 is 1.94 bits per heavy atom. The van der Waals surface area contributed by atoms with Crippen LogP contribution in [0.1, 0.15) is 49.9 Å². The number of nitrogens with one attached hydrogen (secondary N) is 1. The van der Waals surface area contributed by atoms with Crippen molar-refractivity contribution in [1.82, 2.24) is 14.8 Å². The molecule has 0 unspecified atom stereocenters. The van der Waals surface area contributed by atoms with E-state index in [1.54, 1.807) is 18.2 Å². The molecule has 3 aromatic rings. The van der Waals surface area contributed by atoms with E-state index >= 15 is 0 Å². The number of fused-ring (bicyclic) bond motifs is 1. The highest BCUT2D eigenvalue weighted by molar-refractivity contribution is 6.30. The van der Waals surface area contributed by atoms with Crippen LogP contribution in [0.25, 0.3) is 11.4 Å². The molecule has 0 atom stereocenters. The van der Waals surface area contributed by atoms with Gasteiger partial charge in [-0.2, -0.15) is 0 Å². The highest BCUT2D eigenvalue weighted by atomic mass is 35.5. The summed E-state index contributed by atoms with van der Waals surface area (Å²) in [5.74, 6) is 1.03. The molecule has 1 aromatic heterocycles. The monoisotopic (exact) mass is 438 g/mol. The predicted molar refractivity (Wildman–Crippen MR) is 119 cm³/mol. The lowest BCUT2D eigenvalue weighted by atomic mass is 9.64. The number of halogens is 2. The van der Waals surface area contributed by atoms with E-state index < -0.39 is 11.2 Å². The Kier molecular flexibility index (Phi) is 5.26. The van der Waals surface area contributed by atoms with Crippen LogP contribution in [0.2, 0.25) is 5.02 Å². The molecule has 1 aliphatic heterocycles. The second-order valence-corrected chi connectivity index (χ2v) is 8.93. The van der Waals surface area contributed by atoms with Gasteiger partial charge < -0.3 is 9.88 Å². The average Bonchev–Trinajstić information content (AvgIpc) is 2.97. The third-order valence-electron chi connectivity index (χ3n) is 6.60. The van der Waals surface area contributed by atoms with Crippen molar-refractivity contribution in [2.24, 2.45) is 0 Å². The summed E-state index contributed by atoms with van der Waals surface area (Å²) in [4.78, 5) is 13.3. The first-order valence-electron chi connectivity index (χ1n) is 10.9. The van der Waals surface area contributed by atoms with Crippen LogP contribution in [0.4, 0.5) is 10.1 Å². The standard InChI is InChI=1S/C24H24ClFN4O/c25-18-7-4-6-17(15-18)24(11-5-12-24)23(31)27-20-14-16(9-10-19(20)26)22-29-28-21-8-2-1-3-13-30(21)22/h4,6-7,9-10,14-15H,1-3,5,8,11-13H2,(H,27,31). The summed E-state index contributed by atoms with van der Waals surface area (Å²) in [6.45, 7) is 0.856. The first kappa shape index (κ1) is 20.2. The van der Waals surface area contributed by atoms with Crippen LogP contribution >= 0.6 is 11.6 Å². The number of carbonyl (C=O) groups excluding carboxylic acids is 1. The Morgan fingerprint density at radius 1 is 1.06 bits per heavy atom. The Bertz CT molecular complexity index is 1140. The van der Waals surface area contributed by atoms with Crippen molar-refractivity contribution in [2.75, 3.05) is 5.32 Å². The molecule has 1 saturated carbocycles. The summed E-state index contributed by atoms with van der Waals surface area (Å²) in [5.41, 5.74) is 1.13. The topological polar surface area (TPSA) is 59.8 Å². The molecule has 1 fully saturated rings. The molecule has 5 nitrogen and oxygen atoms in total. The van der Waals surface area contributed by atoms with Crippen molar-refractivity contribution in [3.8, 4) is 11.4 Å². The number of hydrogen-bond acceptors (Lipinski definition) is 3. The van der Waals surface area contributed by atoms with Gasteiger partial charge in [0.05, 0.1) is 11.1 Å². The largest absolute Gasteiger partial charge is 0.323 e. The van der Waals surface area contributed by atoms with Crippen LogP contribution in [-0.4, -0.2) is 20.7 Å². The third-order valence-corrected chi connectivity index (χ3v) is 6.84. The first-order valence-corrected chi connectivity index (χ1v) is 11.2. The highest BCUT2D eigenvalue weighted by Crippen LogP contribution is 2.45. The van der Waals surface area contributed by atoms with Gasteiger partial charge in [0, 0.05) is 23.6 Å². The van der Waals surface area contributed by atoms with Gasteiger partial charge in [0.25, 0.3) is 0 Å². The lowest BCUT2D eigenvalue weighted by Gasteiger charge is -2.40. The molecule has 1 N–H and O–H groups in total. The van der Waals surface area contributed by atoms with Crippen LogP contribution < -0.4 is 5.32 Å². The van der Waals surface area contributed by atoms with E-state index in [0.717, 1.165) is 67.8 Å². The van der Waals surface area contributed by atoms with Crippen LogP contribution in [0.15, 0.2) is 42.5 Å². The number of benzene rings is 2. The molecule has 2 aromatic carbocycles. The quantitative estimate of drug-likeness (QED) is 0.583. The molecule has 2 heterocycles. The Hall–Kier alpha value is -2.73. The lowest BCUT2D eigenvalue weighted by molar-refractivity contribution is -0.124. The predicted octanol–water partition coefficient (Wildman–Crippen LogP) is 5.52. The van der Waals surface area contributed by atoms with Crippen molar-refractivity contribution in [2.45, 2.75) is 56.9 Å². The molecule has 0 radical (unpaired) electrons. The van der Waals surface area contributed by atoms with Gasteiger partial charge in [-0.3, -0.25) is 4.79 Å². The van der Waals surface area contributed by atoms with Crippen LogP contribution in [-0.2, 0) is 23.2 Å². The van der Waals surface area contributed by atoms with E-state index in [2.05, 4.69) is 20.1 Å². The van der Waals surface area contributed by atoms with Gasteiger partial charge in [0.15, 0.2) is 5.82 Å². The number of nitrogens with zero attached hydrogens (tertiary/aromatic N) is 3. The van der Waals surface area contributed by atoms with Gasteiger partial charge in [0.2, 0.25) is 5.91 Å². The summed E-state index contributed by atoms with van der Waals surface area (Å²) in [6.07, 6.45) is 6.64. The summed E-state index contributed by atoms with van der Waals surface area (Å²) in [5, 5.41) is 12.1. The number of carbonyl (C=O) groups is 1. The average molecular weight is 439 g/mol. The van der Waals surface area contributed by atoms with Crippen molar-refractivity contribution in [3.63, 3.8) is 0 Å². The summed E-state index contributed by atoms with van der Waals surface area (Å²) < 4.78 is 16.8. The summed E-state index contributed by atoms with van der Waals surface area (Å²) >= 11 is 6.16. The highest BCUT2D eigenvalue weighted by Gasteiger charge is 2.45.